The zero-order valence-corrected chi connectivity index (χ0v) is 22.2. The van der Waals surface area contributed by atoms with Crippen LogP contribution in [0.15, 0.2) is 146 Å². The topological polar surface area (TPSA) is 9.86 Å². The van der Waals surface area contributed by atoms with Gasteiger partial charge in [0.25, 0.3) is 0 Å². The second-order valence-electron chi connectivity index (χ2n) is 9.12. The van der Waals surface area contributed by atoms with Crippen LogP contribution < -0.4 is 0 Å². The van der Waals surface area contributed by atoms with Crippen molar-refractivity contribution in [3.63, 3.8) is 0 Å². The first-order valence-electron chi connectivity index (χ1n) is 12.6. The first kappa shape index (κ1) is 24.2. The van der Waals surface area contributed by atoms with E-state index in [-0.39, 0.29) is 6.04 Å². The predicted octanol–water partition coefficient (Wildman–Crippen LogP) is 9.63. The van der Waals surface area contributed by atoms with Crippen LogP contribution in [0.3, 0.4) is 0 Å². The van der Waals surface area contributed by atoms with Gasteiger partial charge in [-0.05, 0) is 47.6 Å². The molecule has 38 heavy (non-hydrogen) atoms. The van der Waals surface area contributed by atoms with Gasteiger partial charge in [-0.1, -0.05) is 133 Å². The van der Waals surface area contributed by atoms with Crippen molar-refractivity contribution in [2.45, 2.75) is 6.04 Å². The van der Waals surface area contributed by atoms with Gasteiger partial charge in [0, 0.05) is 21.8 Å². The van der Waals surface area contributed by atoms with Crippen LogP contribution in [0.5, 0.6) is 0 Å². The van der Waals surface area contributed by atoms with E-state index in [1.54, 1.807) is 0 Å². The molecule has 0 aliphatic heterocycles. The Balaban J connectivity index is 1.78. The molecule has 1 heterocycles. The van der Waals surface area contributed by atoms with Crippen LogP contribution in [0.2, 0.25) is 5.02 Å². The fourth-order valence-electron chi connectivity index (χ4n) is 5.08. The third kappa shape index (κ3) is 4.51. The van der Waals surface area contributed by atoms with E-state index in [1.165, 1.54) is 11.1 Å². The summed E-state index contributed by atoms with van der Waals surface area (Å²) >= 11 is 12.7. The minimum absolute atomic E-state index is 0.129. The van der Waals surface area contributed by atoms with Crippen molar-refractivity contribution < 1.29 is 0 Å². The highest BCUT2D eigenvalue weighted by Gasteiger charge is 2.28. The zero-order valence-electron chi connectivity index (χ0n) is 20.6. The second kappa shape index (κ2) is 10.7. The number of halogens is 1. The summed E-state index contributed by atoms with van der Waals surface area (Å²) in [7, 11) is 0. The molecule has 0 unspecified atom stereocenters. The molecule has 0 aliphatic carbocycles. The second-order valence-corrected chi connectivity index (χ2v) is 9.92. The molecular weight excluding hydrogens is 504 g/mol. The van der Waals surface area contributed by atoms with E-state index < -0.39 is 0 Å². The quantitative estimate of drug-likeness (QED) is 0.196. The summed E-state index contributed by atoms with van der Waals surface area (Å²) in [6, 6.07) is 49.9. The van der Waals surface area contributed by atoms with Crippen LogP contribution in [-0.2, 0) is 0 Å². The number of hydrogen-bond donors (Lipinski definition) is 0. The molecule has 0 amide bonds. The van der Waals surface area contributed by atoms with Gasteiger partial charge in [0.15, 0.2) is 4.77 Å². The molecule has 0 saturated heterocycles. The van der Waals surface area contributed by atoms with Crippen LogP contribution in [0, 0.1) is 4.77 Å². The number of nitrogens with zero attached hydrogens (tertiary/aromatic N) is 2. The van der Waals surface area contributed by atoms with E-state index in [1.807, 2.05) is 36.4 Å². The molecule has 0 spiro atoms. The molecule has 0 atom stereocenters. The third-order valence-electron chi connectivity index (χ3n) is 6.75. The van der Waals surface area contributed by atoms with Crippen LogP contribution >= 0.6 is 23.8 Å². The lowest BCUT2D eigenvalue weighted by molar-refractivity contribution is 0.666. The van der Waals surface area contributed by atoms with Gasteiger partial charge in [0.1, 0.15) is 0 Å². The summed E-state index contributed by atoms with van der Waals surface area (Å²) in [4.78, 5) is 0. The number of imidazole rings is 1. The maximum Gasteiger partial charge on any atom is 0.186 e. The molecule has 0 N–H and O–H groups in total. The Bertz CT molecular complexity index is 1670. The van der Waals surface area contributed by atoms with Crippen molar-refractivity contribution in [2.75, 3.05) is 0 Å². The molecule has 4 heteroatoms. The largest absolute Gasteiger partial charge is 0.304 e. The highest BCUT2D eigenvalue weighted by atomic mass is 35.5. The van der Waals surface area contributed by atoms with Crippen molar-refractivity contribution in [1.29, 1.82) is 0 Å². The van der Waals surface area contributed by atoms with Gasteiger partial charge in [0.05, 0.1) is 17.4 Å². The summed E-state index contributed by atoms with van der Waals surface area (Å²) in [5.41, 5.74) is 7.57. The lowest BCUT2D eigenvalue weighted by Gasteiger charge is -2.23. The molecule has 184 valence electrons. The average molecular weight is 529 g/mol. The predicted molar refractivity (Wildman–Crippen MR) is 161 cm³/mol. The van der Waals surface area contributed by atoms with Crippen molar-refractivity contribution in [1.82, 2.24) is 9.13 Å². The van der Waals surface area contributed by atoms with Gasteiger partial charge in [-0.3, -0.25) is 4.57 Å². The van der Waals surface area contributed by atoms with E-state index in [4.69, 9.17) is 23.8 Å². The summed E-state index contributed by atoms with van der Waals surface area (Å²) < 4.78 is 5.23. The first-order valence-corrected chi connectivity index (χ1v) is 13.3. The summed E-state index contributed by atoms with van der Waals surface area (Å²) in [5.74, 6) is 0. The summed E-state index contributed by atoms with van der Waals surface area (Å²) in [6.45, 7) is 0. The van der Waals surface area contributed by atoms with E-state index in [0.717, 1.165) is 33.0 Å². The van der Waals surface area contributed by atoms with Gasteiger partial charge in [-0.15, -0.1) is 0 Å². The molecule has 6 rings (SSSR count). The Kier molecular flexibility index (Phi) is 6.78. The van der Waals surface area contributed by atoms with E-state index in [9.17, 15) is 0 Å². The molecule has 2 nitrogen and oxygen atoms in total. The molecule has 6 aromatic rings. The number of hydrogen-bond acceptors (Lipinski definition) is 1. The molecule has 5 aromatic carbocycles. The SMILES string of the molecule is S=c1n(-c2ccccc2)c(-c2ccc(Cl)cc2)c(-c2ccccc2)n1C(c1ccccc1)c1ccccc1. The minimum atomic E-state index is -0.129. The Hall–Kier alpha value is -4.18. The van der Waals surface area contributed by atoms with Gasteiger partial charge in [-0.25, -0.2) is 0 Å². The Labute approximate surface area is 233 Å². The van der Waals surface area contributed by atoms with Crippen LogP contribution in [0.4, 0.5) is 0 Å². The molecule has 1 aromatic heterocycles. The highest BCUT2D eigenvalue weighted by molar-refractivity contribution is 7.71. The monoisotopic (exact) mass is 528 g/mol. The minimum Gasteiger partial charge on any atom is -0.304 e. The smallest absolute Gasteiger partial charge is 0.186 e. The fourth-order valence-corrected chi connectivity index (χ4v) is 5.60. The first-order chi connectivity index (χ1) is 18.7. The maximum atomic E-state index is 6.38. The van der Waals surface area contributed by atoms with Crippen molar-refractivity contribution in [3.05, 3.63) is 167 Å². The van der Waals surface area contributed by atoms with Crippen LogP contribution in [0.25, 0.3) is 28.2 Å². The Morgan fingerprint density at radius 1 is 0.500 bits per heavy atom. The fraction of sp³-hybridized carbons (Fsp3) is 0.0294. The zero-order chi connectivity index (χ0) is 25.9. The normalized spacial score (nSPS) is 11.1. The molecule has 0 bridgehead atoms. The highest BCUT2D eigenvalue weighted by Crippen LogP contribution is 2.41. The molecule has 0 saturated carbocycles. The van der Waals surface area contributed by atoms with E-state index in [0.29, 0.717) is 5.02 Å². The summed E-state index contributed by atoms with van der Waals surface area (Å²) in [6.07, 6.45) is 0. The third-order valence-corrected chi connectivity index (χ3v) is 7.39. The number of para-hydroxylation sites is 1. The van der Waals surface area contributed by atoms with Gasteiger partial charge >= 0.3 is 0 Å². The van der Waals surface area contributed by atoms with Crippen LogP contribution in [-0.4, -0.2) is 9.13 Å². The van der Waals surface area contributed by atoms with Crippen molar-refractivity contribution in [3.8, 4) is 28.2 Å². The molecule has 0 fully saturated rings. The Morgan fingerprint density at radius 2 is 0.947 bits per heavy atom. The van der Waals surface area contributed by atoms with Crippen molar-refractivity contribution >= 4 is 23.8 Å². The maximum absolute atomic E-state index is 6.38. The number of benzene rings is 5. The van der Waals surface area contributed by atoms with E-state index in [2.05, 4.69) is 118 Å². The number of aromatic nitrogens is 2. The van der Waals surface area contributed by atoms with Gasteiger partial charge in [0.2, 0.25) is 0 Å². The van der Waals surface area contributed by atoms with Gasteiger partial charge < -0.3 is 4.57 Å². The van der Waals surface area contributed by atoms with E-state index >= 15 is 0 Å². The molecule has 0 radical (unpaired) electrons. The lowest BCUT2D eigenvalue weighted by Crippen LogP contribution is -2.14. The average Bonchev–Trinajstić information content (AvgIpc) is 3.28. The lowest BCUT2D eigenvalue weighted by atomic mass is 9.96. The van der Waals surface area contributed by atoms with Crippen molar-refractivity contribution in [2.24, 2.45) is 0 Å². The standard InChI is InChI=1S/C34H25ClN2S/c35-29-23-21-28(22-24-29)32-33(27-17-9-3-10-18-27)37(34(38)36(32)30-19-11-4-12-20-30)31(25-13-5-1-6-14-25)26-15-7-2-8-16-26/h1-24,31H. The number of rotatable bonds is 6. The Morgan fingerprint density at radius 3 is 1.47 bits per heavy atom. The van der Waals surface area contributed by atoms with Crippen LogP contribution in [0.1, 0.15) is 17.2 Å². The molecule has 0 aliphatic rings. The summed E-state index contributed by atoms with van der Waals surface area (Å²) in [5, 5.41) is 0.700. The van der Waals surface area contributed by atoms with Gasteiger partial charge in [-0.2, -0.15) is 0 Å². The molecular formula is C34H25ClN2S.